The molecule has 1 saturated heterocycles. The number of nitrogens with one attached hydrogen (secondary N) is 2. The first-order chi connectivity index (χ1) is 11.3. The Balaban J connectivity index is 1.89. The fourth-order valence-corrected chi connectivity index (χ4v) is 2.02. The average Bonchev–Trinajstić information content (AvgIpc) is 2.54. The Morgan fingerprint density at radius 3 is 2.88 bits per heavy atom. The van der Waals surface area contributed by atoms with E-state index < -0.39 is 25.0 Å². The summed E-state index contributed by atoms with van der Waals surface area (Å²) in [5.41, 5.74) is 0.313. The number of alkyl halides is 4. The van der Waals surface area contributed by atoms with Crippen molar-refractivity contribution < 1.29 is 31.8 Å². The molecule has 10 heteroatoms. The topological polar surface area (TPSA) is 72.5 Å². The molecule has 0 saturated carbocycles. The van der Waals surface area contributed by atoms with Crippen LogP contribution in [0.5, 0.6) is 5.88 Å². The smallest absolute Gasteiger partial charge is 0.340 e. The molecule has 1 fully saturated rings. The van der Waals surface area contributed by atoms with Crippen LogP contribution in [0.2, 0.25) is 0 Å². The number of ether oxygens (including phenoxy) is 2. The highest BCUT2D eigenvalue weighted by molar-refractivity contribution is 5.95. The van der Waals surface area contributed by atoms with Gasteiger partial charge in [-0.05, 0) is 13.0 Å². The zero-order valence-corrected chi connectivity index (χ0v) is 12.8. The molecule has 0 spiro atoms. The molecule has 6 nitrogen and oxygen atoms in total. The van der Waals surface area contributed by atoms with Crippen molar-refractivity contribution in [3.8, 4) is 5.88 Å². The van der Waals surface area contributed by atoms with Crippen molar-refractivity contribution in [2.75, 3.05) is 25.1 Å². The first-order valence-electron chi connectivity index (χ1n) is 7.20. The second-order valence-corrected chi connectivity index (χ2v) is 5.23. The summed E-state index contributed by atoms with van der Waals surface area (Å²) in [5.74, 6) is -4.83. The lowest BCUT2D eigenvalue weighted by atomic mass is 10.1. The van der Waals surface area contributed by atoms with Crippen molar-refractivity contribution in [2.45, 2.75) is 31.4 Å². The highest BCUT2D eigenvalue weighted by atomic mass is 19.3. The molecule has 0 radical (unpaired) electrons. The van der Waals surface area contributed by atoms with Gasteiger partial charge in [-0.15, -0.1) is 0 Å². The summed E-state index contributed by atoms with van der Waals surface area (Å²) in [4.78, 5) is 15.8. The van der Waals surface area contributed by atoms with Crippen molar-refractivity contribution >= 4 is 11.6 Å². The summed E-state index contributed by atoms with van der Waals surface area (Å²) >= 11 is 0. The summed E-state index contributed by atoms with van der Waals surface area (Å²) in [5, 5.41) is 5.60. The Bertz CT molecular complexity index is 557. The molecule has 1 amide bonds. The van der Waals surface area contributed by atoms with Crippen LogP contribution in [0.3, 0.4) is 0 Å². The van der Waals surface area contributed by atoms with E-state index in [0.717, 1.165) is 0 Å². The van der Waals surface area contributed by atoms with Gasteiger partial charge in [0.2, 0.25) is 11.8 Å². The number of halogens is 4. The van der Waals surface area contributed by atoms with E-state index in [0.29, 0.717) is 18.8 Å². The summed E-state index contributed by atoms with van der Waals surface area (Å²) < 4.78 is 59.4. The number of rotatable bonds is 6. The first-order valence-corrected chi connectivity index (χ1v) is 7.20. The summed E-state index contributed by atoms with van der Waals surface area (Å²) in [6.45, 7) is 1.34. The molecule has 0 aromatic carbocycles. The molecule has 0 aliphatic carbocycles. The Morgan fingerprint density at radius 2 is 2.29 bits per heavy atom. The third kappa shape index (κ3) is 4.78. The van der Waals surface area contributed by atoms with Crippen molar-refractivity contribution in [1.82, 2.24) is 10.3 Å². The van der Waals surface area contributed by atoms with E-state index >= 15 is 0 Å². The maximum absolute atomic E-state index is 12.7. The molecule has 2 N–H and O–H groups in total. The van der Waals surface area contributed by atoms with Crippen molar-refractivity contribution in [3.63, 3.8) is 0 Å². The molecule has 0 unspecified atom stereocenters. The van der Waals surface area contributed by atoms with E-state index in [9.17, 15) is 22.4 Å². The van der Waals surface area contributed by atoms with Crippen molar-refractivity contribution in [1.29, 1.82) is 0 Å². The second kappa shape index (κ2) is 7.75. The molecular formula is C14H17F4N3O3. The number of anilines is 1. The Kier molecular flexibility index (Phi) is 5.94. The van der Waals surface area contributed by atoms with Gasteiger partial charge in [-0.1, -0.05) is 0 Å². The van der Waals surface area contributed by atoms with Crippen LogP contribution in [0, 0.1) is 0 Å². The van der Waals surface area contributed by atoms with Crippen LogP contribution in [-0.2, 0) is 9.53 Å². The maximum Gasteiger partial charge on any atom is 0.340 e. The molecule has 2 heterocycles. The number of pyridine rings is 1. The molecule has 1 aliphatic heterocycles. The first kappa shape index (κ1) is 18.4. The van der Waals surface area contributed by atoms with E-state index in [4.69, 9.17) is 4.74 Å². The number of nitrogens with zero attached hydrogens (tertiary/aromatic N) is 1. The third-order valence-electron chi connectivity index (χ3n) is 3.33. The van der Waals surface area contributed by atoms with E-state index in [1.54, 1.807) is 6.92 Å². The molecule has 2 rings (SSSR count). The monoisotopic (exact) mass is 351 g/mol. The van der Waals surface area contributed by atoms with Gasteiger partial charge >= 0.3 is 12.3 Å². The zero-order chi connectivity index (χ0) is 17.7. The van der Waals surface area contributed by atoms with Crippen LogP contribution in [0.1, 0.15) is 6.92 Å². The van der Waals surface area contributed by atoms with Gasteiger partial charge in [0.1, 0.15) is 6.04 Å². The fraction of sp³-hybridized carbons (Fsp3) is 0.571. The Labute approximate surface area is 135 Å². The van der Waals surface area contributed by atoms with Crippen LogP contribution in [0.25, 0.3) is 0 Å². The summed E-state index contributed by atoms with van der Waals surface area (Å²) in [6.07, 6.45) is -2.93. The zero-order valence-electron chi connectivity index (χ0n) is 12.8. The van der Waals surface area contributed by atoms with E-state index in [1.165, 1.54) is 18.3 Å². The number of hydrogen-bond acceptors (Lipinski definition) is 5. The summed E-state index contributed by atoms with van der Waals surface area (Å²) in [6, 6.07) is 2.04. The highest BCUT2D eigenvalue weighted by Crippen LogP contribution is 2.24. The molecule has 0 bridgehead atoms. The lowest BCUT2D eigenvalue weighted by Crippen LogP contribution is -2.53. The van der Waals surface area contributed by atoms with Crippen molar-refractivity contribution in [2.24, 2.45) is 0 Å². The predicted molar refractivity (Wildman–Crippen MR) is 76.5 cm³/mol. The lowest BCUT2D eigenvalue weighted by molar-refractivity contribution is -0.148. The highest BCUT2D eigenvalue weighted by Gasteiger charge is 2.41. The number of morpholine rings is 1. The number of amides is 1. The fourth-order valence-electron chi connectivity index (χ4n) is 2.02. The number of aromatic nitrogens is 1. The lowest BCUT2D eigenvalue weighted by Gasteiger charge is -2.29. The number of carbonyl (C=O) groups excluding carboxylic acids is 1. The SMILES string of the molecule is C[C@H]1OCCN[C@@H]1C(=O)Nc1ccc(OCC(F)(F)C(F)F)nc1. The van der Waals surface area contributed by atoms with Gasteiger partial charge in [0, 0.05) is 12.6 Å². The standard InChI is InChI=1S/C14H17F4N3O3/c1-8-11(19-4-5-23-8)12(22)21-9-2-3-10(20-6-9)24-7-14(17,18)13(15)16/h2-3,6,8,11,13,19H,4-5,7H2,1H3,(H,21,22)/t8-,11+/m1/s1. The van der Waals surface area contributed by atoms with Gasteiger partial charge in [0.25, 0.3) is 0 Å². The Hall–Kier alpha value is -1.94. The second-order valence-electron chi connectivity index (χ2n) is 5.23. The molecule has 2 atom stereocenters. The van der Waals surface area contributed by atoms with E-state index in [-0.39, 0.29) is 17.9 Å². The van der Waals surface area contributed by atoms with Gasteiger partial charge in [0.05, 0.1) is 24.6 Å². The van der Waals surface area contributed by atoms with E-state index in [2.05, 4.69) is 20.4 Å². The van der Waals surface area contributed by atoms with Crippen LogP contribution in [0.4, 0.5) is 23.2 Å². The molecular weight excluding hydrogens is 334 g/mol. The third-order valence-corrected chi connectivity index (χ3v) is 3.33. The van der Waals surface area contributed by atoms with Crippen LogP contribution in [0.15, 0.2) is 18.3 Å². The normalized spacial score (nSPS) is 21.6. The van der Waals surface area contributed by atoms with Gasteiger partial charge in [-0.2, -0.15) is 8.78 Å². The summed E-state index contributed by atoms with van der Waals surface area (Å²) in [7, 11) is 0. The molecule has 1 aliphatic rings. The average molecular weight is 351 g/mol. The van der Waals surface area contributed by atoms with Gasteiger partial charge < -0.3 is 20.1 Å². The molecule has 24 heavy (non-hydrogen) atoms. The molecule has 1 aromatic heterocycles. The minimum Gasteiger partial charge on any atom is -0.471 e. The minimum absolute atomic E-state index is 0.249. The Morgan fingerprint density at radius 1 is 1.54 bits per heavy atom. The molecule has 1 aromatic rings. The van der Waals surface area contributed by atoms with Crippen LogP contribution < -0.4 is 15.4 Å². The van der Waals surface area contributed by atoms with Crippen LogP contribution in [-0.4, -0.2) is 55.1 Å². The van der Waals surface area contributed by atoms with E-state index in [1.807, 2.05) is 0 Å². The van der Waals surface area contributed by atoms with Crippen LogP contribution >= 0.6 is 0 Å². The van der Waals surface area contributed by atoms with Gasteiger partial charge in [0.15, 0.2) is 6.61 Å². The minimum atomic E-state index is -4.25. The van der Waals surface area contributed by atoms with Crippen molar-refractivity contribution in [3.05, 3.63) is 18.3 Å². The van der Waals surface area contributed by atoms with Gasteiger partial charge in [-0.25, -0.2) is 13.8 Å². The molecule has 134 valence electrons. The predicted octanol–water partition coefficient (Wildman–Crippen LogP) is 1.68. The number of hydrogen-bond donors (Lipinski definition) is 2. The largest absolute Gasteiger partial charge is 0.471 e. The maximum atomic E-state index is 12.7. The number of carbonyl (C=O) groups is 1. The van der Waals surface area contributed by atoms with Gasteiger partial charge in [-0.3, -0.25) is 4.79 Å². The quantitative estimate of drug-likeness (QED) is 0.763.